The Balaban J connectivity index is 1.82. The second-order valence-corrected chi connectivity index (χ2v) is 6.09. The average molecular weight is 250 g/mol. The minimum absolute atomic E-state index is 0.468. The molecular formula is C14H18O2S. The summed E-state index contributed by atoms with van der Waals surface area (Å²) < 4.78 is 16.8. The molecular weight excluding hydrogens is 232 g/mol. The Labute approximate surface area is 105 Å². The molecule has 0 spiro atoms. The topological polar surface area (TPSA) is 26.3 Å². The van der Waals surface area contributed by atoms with Gasteiger partial charge in [-0.25, -0.2) is 0 Å². The molecule has 2 nitrogen and oxygen atoms in total. The number of ether oxygens (including phenoxy) is 1. The van der Waals surface area contributed by atoms with Crippen LogP contribution in [-0.2, 0) is 15.5 Å². The SMILES string of the molecule is C/C(=C/OCC1CCS(=O)C1)c1ccccc1. The Hall–Kier alpha value is -1.09. The van der Waals surface area contributed by atoms with Crippen LogP contribution in [0, 0.1) is 5.92 Å². The van der Waals surface area contributed by atoms with Crippen LogP contribution in [0.1, 0.15) is 18.9 Å². The molecule has 92 valence electrons. The smallest absolute Gasteiger partial charge is 0.0910 e. The lowest BCUT2D eigenvalue weighted by atomic mass is 10.1. The fourth-order valence-corrected chi connectivity index (χ4v) is 3.49. The third-order valence-electron chi connectivity index (χ3n) is 3.00. The van der Waals surface area contributed by atoms with Crippen molar-refractivity contribution in [3.05, 3.63) is 42.2 Å². The van der Waals surface area contributed by atoms with E-state index in [0.717, 1.165) is 23.5 Å². The van der Waals surface area contributed by atoms with E-state index in [2.05, 4.69) is 12.1 Å². The predicted molar refractivity (Wildman–Crippen MR) is 72.0 cm³/mol. The van der Waals surface area contributed by atoms with Gasteiger partial charge in [-0.15, -0.1) is 0 Å². The number of allylic oxidation sites excluding steroid dienone is 1. The monoisotopic (exact) mass is 250 g/mol. The van der Waals surface area contributed by atoms with Crippen molar-refractivity contribution in [2.24, 2.45) is 5.92 Å². The maximum Gasteiger partial charge on any atom is 0.0910 e. The fraction of sp³-hybridized carbons (Fsp3) is 0.429. The van der Waals surface area contributed by atoms with Crippen LogP contribution in [0.5, 0.6) is 0 Å². The second-order valence-electron chi connectivity index (χ2n) is 4.47. The van der Waals surface area contributed by atoms with Crippen LogP contribution in [0.4, 0.5) is 0 Å². The Morgan fingerprint density at radius 1 is 1.47 bits per heavy atom. The van der Waals surface area contributed by atoms with Crippen molar-refractivity contribution in [1.29, 1.82) is 0 Å². The lowest BCUT2D eigenvalue weighted by molar-refractivity contribution is 0.207. The zero-order valence-corrected chi connectivity index (χ0v) is 10.9. The molecule has 0 aromatic heterocycles. The third-order valence-corrected chi connectivity index (χ3v) is 4.53. The molecule has 0 radical (unpaired) electrons. The normalized spacial score (nSPS) is 24.9. The van der Waals surface area contributed by atoms with Gasteiger partial charge in [-0.3, -0.25) is 4.21 Å². The van der Waals surface area contributed by atoms with Crippen LogP contribution in [0.3, 0.4) is 0 Å². The average Bonchev–Trinajstić information content (AvgIpc) is 2.76. The molecule has 0 saturated carbocycles. The summed E-state index contributed by atoms with van der Waals surface area (Å²) in [5, 5.41) is 0. The first-order valence-electron chi connectivity index (χ1n) is 5.94. The van der Waals surface area contributed by atoms with Crippen molar-refractivity contribution in [3.8, 4) is 0 Å². The Kier molecular flexibility index (Phi) is 4.37. The summed E-state index contributed by atoms with van der Waals surface area (Å²) in [5.41, 5.74) is 2.31. The highest BCUT2D eigenvalue weighted by Crippen LogP contribution is 2.17. The summed E-state index contributed by atoms with van der Waals surface area (Å²) in [6.07, 6.45) is 2.85. The summed E-state index contributed by atoms with van der Waals surface area (Å²) in [7, 11) is -0.604. The standard InChI is InChI=1S/C14H18O2S/c1-12(14-5-3-2-4-6-14)9-16-10-13-7-8-17(15)11-13/h2-6,9,13H,7-8,10-11H2,1H3/b12-9-. The van der Waals surface area contributed by atoms with Crippen LogP contribution < -0.4 is 0 Å². The van der Waals surface area contributed by atoms with E-state index in [0.29, 0.717) is 12.5 Å². The van der Waals surface area contributed by atoms with E-state index < -0.39 is 10.8 Å². The molecule has 1 heterocycles. The van der Waals surface area contributed by atoms with E-state index in [4.69, 9.17) is 4.74 Å². The lowest BCUT2D eigenvalue weighted by Crippen LogP contribution is -2.07. The number of benzene rings is 1. The van der Waals surface area contributed by atoms with Crippen LogP contribution in [-0.4, -0.2) is 22.3 Å². The first-order chi connectivity index (χ1) is 8.25. The Bertz CT molecular complexity index is 411. The molecule has 2 unspecified atom stereocenters. The molecule has 2 rings (SSSR count). The maximum absolute atomic E-state index is 11.2. The molecule has 0 N–H and O–H groups in total. The molecule has 0 amide bonds. The van der Waals surface area contributed by atoms with Gasteiger partial charge in [-0.05, 0) is 24.5 Å². The summed E-state index contributed by atoms with van der Waals surface area (Å²) in [4.78, 5) is 0. The van der Waals surface area contributed by atoms with Crippen LogP contribution in [0.2, 0.25) is 0 Å². The highest BCUT2D eigenvalue weighted by atomic mass is 32.2. The van der Waals surface area contributed by atoms with Crippen LogP contribution in [0.25, 0.3) is 5.57 Å². The van der Waals surface area contributed by atoms with Gasteiger partial charge in [0.25, 0.3) is 0 Å². The summed E-state index contributed by atoms with van der Waals surface area (Å²) >= 11 is 0. The van der Waals surface area contributed by atoms with Gasteiger partial charge >= 0.3 is 0 Å². The van der Waals surface area contributed by atoms with Crippen molar-refractivity contribution in [2.45, 2.75) is 13.3 Å². The Morgan fingerprint density at radius 2 is 2.24 bits per heavy atom. The molecule has 1 aromatic rings. The zero-order chi connectivity index (χ0) is 12.1. The van der Waals surface area contributed by atoms with Gasteiger partial charge in [-0.1, -0.05) is 30.3 Å². The fourth-order valence-electron chi connectivity index (χ4n) is 1.94. The van der Waals surface area contributed by atoms with Crippen molar-refractivity contribution < 1.29 is 8.95 Å². The quantitative estimate of drug-likeness (QED) is 0.768. The first kappa shape index (κ1) is 12.4. The van der Waals surface area contributed by atoms with Gasteiger partial charge in [0.1, 0.15) is 0 Å². The van der Waals surface area contributed by atoms with Gasteiger partial charge in [0.05, 0.1) is 12.9 Å². The van der Waals surface area contributed by atoms with Gasteiger partial charge in [0.15, 0.2) is 0 Å². The summed E-state index contributed by atoms with van der Waals surface area (Å²) in [6.45, 7) is 2.73. The van der Waals surface area contributed by atoms with E-state index in [-0.39, 0.29) is 0 Å². The van der Waals surface area contributed by atoms with Crippen molar-refractivity contribution in [2.75, 3.05) is 18.1 Å². The third kappa shape index (κ3) is 3.70. The molecule has 1 saturated heterocycles. The lowest BCUT2D eigenvalue weighted by Gasteiger charge is -2.08. The van der Waals surface area contributed by atoms with Gasteiger partial charge in [0, 0.05) is 28.2 Å². The largest absolute Gasteiger partial charge is 0.501 e. The zero-order valence-electron chi connectivity index (χ0n) is 10.1. The maximum atomic E-state index is 11.2. The van der Waals surface area contributed by atoms with E-state index in [1.807, 2.05) is 31.4 Å². The minimum Gasteiger partial charge on any atom is -0.501 e. The molecule has 0 aliphatic carbocycles. The van der Waals surface area contributed by atoms with E-state index in [9.17, 15) is 4.21 Å². The highest BCUT2D eigenvalue weighted by Gasteiger charge is 2.20. The molecule has 1 fully saturated rings. The van der Waals surface area contributed by atoms with Crippen molar-refractivity contribution in [1.82, 2.24) is 0 Å². The van der Waals surface area contributed by atoms with Crippen molar-refractivity contribution in [3.63, 3.8) is 0 Å². The Morgan fingerprint density at radius 3 is 2.88 bits per heavy atom. The van der Waals surface area contributed by atoms with E-state index >= 15 is 0 Å². The number of hydrogen-bond acceptors (Lipinski definition) is 2. The molecule has 0 bridgehead atoms. The molecule has 1 aliphatic heterocycles. The van der Waals surface area contributed by atoms with E-state index in [1.54, 1.807) is 0 Å². The van der Waals surface area contributed by atoms with Crippen molar-refractivity contribution >= 4 is 16.4 Å². The second kappa shape index (κ2) is 6.01. The molecule has 1 aromatic carbocycles. The van der Waals surface area contributed by atoms with Gasteiger partial charge < -0.3 is 4.74 Å². The summed E-state index contributed by atoms with van der Waals surface area (Å²) in [5.74, 6) is 2.11. The van der Waals surface area contributed by atoms with Gasteiger partial charge in [-0.2, -0.15) is 0 Å². The van der Waals surface area contributed by atoms with E-state index in [1.165, 1.54) is 5.56 Å². The minimum atomic E-state index is -0.604. The summed E-state index contributed by atoms with van der Waals surface area (Å²) in [6, 6.07) is 10.2. The molecule has 2 atom stereocenters. The molecule has 3 heteroatoms. The number of hydrogen-bond donors (Lipinski definition) is 0. The predicted octanol–water partition coefficient (Wildman–Crippen LogP) is 2.83. The molecule has 1 aliphatic rings. The van der Waals surface area contributed by atoms with Crippen LogP contribution >= 0.6 is 0 Å². The van der Waals surface area contributed by atoms with Gasteiger partial charge in [0.2, 0.25) is 0 Å². The first-order valence-corrected chi connectivity index (χ1v) is 7.43. The highest BCUT2D eigenvalue weighted by molar-refractivity contribution is 7.85. The van der Waals surface area contributed by atoms with Crippen LogP contribution in [0.15, 0.2) is 36.6 Å². The molecule has 17 heavy (non-hydrogen) atoms. The number of rotatable bonds is 4.